The maximum Gasteiger partial charge on any atom is -0.00989 e. The minimum atomic E-state index is 1.30. The molecule has 0 saturated carbocycles. The lowest BCUT2D eigenvalue weighted by Crippen LogP contribution is -1.83. The zero-order valence-corrected chi connectivity index (χ0v) is 13.0. The Morgan fingerprint density at radius 2 is 1.09 bits per heavy atom. The lowest BCUT2D eigenvalue weighted by molar-refractivity contribution is 1.54. The lowest BCUT2D eigenvalue weighted by Gasteiger charge is -2.10. The minimum absolute atomic E-state index is 1.30. The van der Waals surface area contributed by atoms with Crippen LogP contribution in [0.5, 0.6) is 0 Å². The van der Waals surface area contributed by atoms with Crippen molar-refractivity contribution < 1.29 is 0 Å². The molecule has 0 heteroatoms. The third-order valence-corrected chi connectivity index (χ3v) is 4.96. The van der Waals surface area contributed by atoms with Crippen LogP contribution in [0.15, 0.2) is 78.9 Å². The van der Waals surface area contributed by atoms with Gasteiger partial charge in [-0.2, -0.15) is 0 Å². The highest BCUT2D eigenvalue weighted by atomic mass is 14.1. The van der Waals surface area contributed by atoms with Gasteiger partial charge in [0.2, 0.25) is 0 Å². The standard InChI is InChI=1S/C23H16/c1-15-5-4-8-21-19(15)12-11-18-13-22-17(14-23(18)21)10-9-16-6-2-3-7-20(16)22/h2-14H,1H3. The van der Waals surface area contributed by atoms with Gasteiger partial charge in [0.05, 0.1) is 0 Å². The van der Waals surface area contributed by atoms with Crippen molar-refractivity contribution in [1.82, 2.24) is 0 Å². The van der Waals surface area contributed by atoms with E-state index in [1.807, 2.05) is 0 Å². The van der Waals surface area contributed by atoms with E-state index in [1.54, 1.807) is 0 Å². The quantitative estimate of drug-likeness (QED) is 0.222. The maximum absolute atomic E-state index is 2.35. The SMILES string of the molecule is Cc1cccc2c1ccc1cc3c(ccc4ccccc43)cc12. The smallest absolute Gasteiger partial charge is 0.00989 e. The molecule has 23 heavy (non-hydrogen) atoms. The molecule has 0 aliphatic heterocycles. The topological polar surface area (TPSA) is 0 Å². The maximum atomic E-state index is 2.35. The van der Waals surface area contributed by atoms with Gasteiger partial charge >= 0.3 is 0 Å². The van der Waals surface area contributed by atoms with Gasteiger partial charge in [-0.1, -0.05) is 66.7 Å². The van der Waals surface area contributed by atoms with Crippen LogP contribution < -0.4 is 0 Å². The second-order valence-corrected chi connectivity index (χ2v) is 6.32. The van der Waals surface area contributed by atoms with E-state index in [9.17, 15) is 0 Å². The molecule has 0 N–H and O–H groups in total. The molecule has 0 amide bonds. The van der Waals surface area contributed by atoms with Crippen molar-refractivity contribution in [2.24, 2.45) is 0 Å². The Kier molecular flexibility index (Phi) is 2.51. The van der Waals surface area contributed by atoms with E-state index in [0.717, 1.165) is 0 Å². The average molecular weight is 292 g/mol. The van der Waals surface area contributed by atoms with E-state index in [1.165, 1.54) is 48.7 Å². The summed E-state index contributed by atoms with van der Waals surface area (Å²) in [6, 6.07) is 28.9. The van der Waals surface area contributed by atoms with Crippen LogP contribution in [-0.2, 0) is 0 Å². The third-order valence-electron chi connectivity index (χ3n) is 4.96. The molecule has 0 aliphatic rings. The van der Waals surface area contributed by atoms with Gasteiger partial charge in [0.15, 0.2) is 0 Å². The summed E-state index contributed by atoms with van der Waals surface area (Å²) in [6.45, 7) is 2.18. The van der Waals surface area contributed by atoms with Crippen LogP contribution in [0.25, 0.3) is 43.1 Å². The van der Waals surface area contributed by atoms with Crippen LogP contribution in [0.4, 0.5) is 0 Å². The molecule has 0 saturated heterocycles. The summed E-state index contributed by atoms with van der Waals surface area (Å²) in [7, 11) is 0. The van der Waals surface area contributed by atoms with Crippen LogP contribution in [0.2, 0.25) is 0 Å². The number of hydrogen-bond acceptors (Lipinski definition) is 0. The van der Waals surface area contributed by atoms with Crippen molar-refractivity contribution in [3.63, 3.8) is 0 Å². The van der Waals surface area contributed by atoms with Gasteiger partial charge in [0.25, 0.3) is 0 Å². The molecule has 0 unspecified atom stereocenters. The summed E-state index contributed by atoms with van der Waals surface area (Å²) in [5.74, 6) is 0. The highest BCUT2D eigenvalue weighted by Crippen LogP contribution is 2.33. The number of rotatable bonds is 0. The Balaban J connectivity index is 2.01. The van der Waals surface area contributed by atoms with Crippen LogP contribution in [0.1, 0.15) is 5.56 Å². The first-order chi connectivity index (χ1) is 11.3. The van der Waals surface area contributed by atoms with Gasteiger partial charge in [0.1, 0.15) is 0 Å². The van der Waals surface area contributed by atoms with E-state index in [-0.39, 0.29) is 0 Å². The summed E-state index contributed by atoms with van der Waals surface area (Å²) in [5, 5.41) is 10.6. The summed E-state index contributed by atoms with van der Waals surface area (Å²) in [6.07, 6.45) is 0. The van der Waals surface area contributed by atoms with Crippen LogP contribution >= 0.6 is 0 Å². The van der Waals surface area contributed by atoms with Crippen LogP contribution in [-0.4, -0.2) is 0 Å². The molecule has 0 spiro atoms. The Morgan fingerprint density at radius 3 is 1.96 bits per heavy atom. The van der Waals surface area contributed by atoms with E-state index >= 15 is 0 Å². The highest BCUT2D eigenvalue weighted by molar-refractivity contribution is 6.17. The normalized spacial score (nSPS) is 11.7. The summed E-state index contributed by atoms with van der Waals surface area (Å²) < 4.78 is 0. The molecule has 0 aromatic heterocycles. The predicted octanol–water partition coefficient (Wildman–Crippen LogP) is 6.61. The fourth-order valence-electron chi connectivity index (χ4n) is 3.75. The average Bonchev–Trinajstić information content (AvgIpc) is 2.60. The molecule has 0 heterocycles. The van der Waals surface area contributed by atoms with Crippen molar-refractivity contribution in [1.29, 1.82) is 0 Å². The molecule has 0 nitrogen and oxygen atoms in total. The largest absolute Gasteiger partial charge is 0.0616 e. The van der Waals surface area contributed by atoms with Crippen LogP contribution in [0, 0.1) is 6.92 Å². The molecule has 0 aliphatic carbocycles. The highest BCUT2D eigenvalue weighted by Gasteiger charge is 2.06. The zero-order valence-electron chi connectivity index (χ0n) is 13.0. The first-order valence-electron chi connectivity index (χ1n) is 8.05. The number of hydrogen-bond donors (Lipinski definition) is 0. The van der Waals surface area contributed by atoms with Gasteiger partial charge < -0.3 is 0 Å². The molecule has 0 fully saturated rings. The van der Waals surface area contributed by atoms with Crippen molar-refractivity contribution in [3.05, 3.63) is 84.4 Å². The molecule has 5 aromatic carbocycles. The Hall–Kier alpha value is -2.86. The summed E-state index contributed by atoms with van der Waals surface area (Å²) >= 11 is 0. The van der Waals surface area contributed by atoms with E-state index in [2.05, 4.69) is 85.8 Å². The fraction of sp³-hybridized carbons (Fsp3) is 0.0435. The Bertz CT molecular complexity index is 1210. The second-order valence-electron chi connectivity index (χ2n) is 6.32. The van der Waals surface area contributed by atoms with Gasteiger partial charge in [0, 0.05) is 0 Å². The van der Waals surface area contributed by atoms with Gasteiger partial charge in [-0.15, -0.1) is 0 Å². The number of aryl methyl sites for hydroxylation is 1. The van der Waals surface area contributed by atoms with Crippen molar-refractivity contribution >= 4 is 43.1 Å². The molecule has 0 atom stereocenters. The third kappa shape index (κ3) is 1.78. The zero-order chi connectivity index (χ0) is 15.4. The lowest BCUT2D eigenvalue weighted by atomic mass is 9.94. The molecule has 108 valence electrons. The van der Waals surface area contributed by atoms with E-state index < -0.39 is 0 Å². The van der Waals surface area contributed by atoms with Gasteiger partial charge in [-0.05, 0) is 67.7 Å². The van der Waals surface area contributed by atoms with E-state index in [0.29, 0.717) is 0 Å². The first kappa shape index (κ1) is 12.7. The van der Waals surface area contributed by atoms with Crippen molar-refractivity contribution in [3.8, 4) is 0 Å². The summed E-state index contributed by atoms with van der Waals surface area (Å²) in [5.41, 5.74) is 1.34. The molecule has 5 rings (SSSR count). The number of benzene rings is 5. The molecular weight excluding hydrogens is 276 g/mol. The van der Waals surface area contributed by atoms with Crippen molar-refractivity contribution in [2.75, 3.05) is 0 Å². The second kappa shape index (κ2) is 4.57. The Morgan fingerprint density at radius 1 is 0.435 bits per heavy atom. The monoisotopic (exact) mass is 292 g/mol. The van der Waals surface area contributed by atoms with Crippen molar-refractivity contribution in [2.45, 2.75) is 6.92 Å². The molecule has 0 radical (unpaired) electrons. The molecule has 0 bridgehead atoms. The van der Waals surface area contributed by atoms with Crippen LogP contribution in [0.3, 0.4) is 0 Å². The number of fused-ring (bicyclic) bond motifs is 6. The van der Waals surface area contributed by atoms with Gasteiger partial charge in [-0.25, -0.2) is 0 Å². The van der Waals surface area contributed by atoms with E-state index in [4.69, 9.17) is 0 Å². The molecular formula is C23H16. The molecule has 5 aromatic rings. The Labute approximate surface area is 135 Å². The predicted molar refractivity (Wildman–Crippen MR) is 101 cm³/mol. The summed E-state index contributed by atoms with van der Waals surface area (Å²) in [4.78, 5) is 0. The fourth-order valence-corrected chi connectivity index (χ4v) is 3.75. The van der Waals surface area contributed by atoms with Gasteiger partial charge in [-0.3, -0.25) is 0 Å². The minimum Gasteiger partial charge on any atom is -0.0616 e. The first-order valence-corrected chi connectivity index (χ1v) is 8.05.